The van der Waals surface area contributed by atoms with Gasteiger partial charge in [-0.2, -0.15) is 0 Å². The summed E-state index contributed by atoms with van der Waals surface area (Å²) in [6, 6.07) is 9.85. The largest absolute Gasteiger partial charge is 0.493 e. The smallest absolute Gasteiger partial charge is 0.311 e. The van der Waals surface area contributed by atoms with Crippen LogP contribution >= 0.6 is 0 Å². The molecule has 0 aliphatic heterocycles. The maximum Gasteiger partial charge on any atom is 0.311 e. The monoisotopic (exact) mass is 430 g/mol. The molecule has 0 aliphatic rings. The van der Waals surface area contributed by atoms with Gasteiger partial charge in [-0.3, -0.25) is 14.4 Å². The van der Waals surface area contributed by atoms with Crippen molar-refractivity contribution in [2.24, 2.45) is 0 Å². The first-order valence-corrected chi connectivity index (χ1v) is 9.44. The lowest BCUT2D eigenvalue weighted by Crippen LogP contribution is -2.30. The molecule has 9 heteroatoms. The third kappa shape index (κ3) is 6.63. The van der Waals surface area contributed by atoms with E-state index in [0.717, 1.165) is 0 Å². The Morgan fingerprint density at radius 2 is 1.39 bits per heavy atom. The second kappa shape index (κ2) is 10.9. The molecule has 9 nitrogen and oxygen atoms in total. The molecule has 0 heterocycles. The van der Waals surface area contributed by atoms with Crippen molar-refractivity contribution in [3.63, 3.8) is 0 Å². The molecule has 0 aromatic heterocycles. The summed E-state index contributed by atoms with van der Waals surface area (Å²) in [5, 5.41) is 5.29. The number of hydrogen-bond donors (Lipinski definition) is 2. The molecule has 0 unspecified atom stereocenters. The molecule has 2 N–H and O–H groups in total. The van der Waals surface area contributed by atoms with Crippen LogP contribution in [0, 0.1) is 0 Å². The van der Waals surface area contributed by atoms with Crippen molar-refractivity contribution in [3.05, 3.63) is 42.0 Å². The lowest BCUT2D eigenvalue weighted by molar-refractivity contribution is -0.152. The molecule has 0 fully saturated rings. The molecule has 1 atom stereocenters. The van der Waals surface area contributed by atoms with Crippen molar-refractivity contribution in [2.45, 2.75) is 26.4 Å². The van der Waals surface area contributed by atoms with Gasteiger partial charge in [0.1, 0.15) is 0 Å². The average Bonchev–Trinajstić information content (AvgIpc) is 2.73. The number of hydrogen-bond acceptors (Lipinski definition) is 7. The molecule has 2 aromatic carbocycles. The lowest BCUT2D eigenvalue weighted by Gasteiger charge is -2.16. The Hall–Kier alpha value is -3.75. The van der Waals surface area contributed by atoms with Crippen molar-refractivity contribution in [1.82, 2.24) is 0 Å². The Kier molecular flexibility index (Phi) is 8.25. The predicted octanol–water partition coefficient (Wildman–Crippen LogP) is 2.78. The molecule has 2 rings (SSSR count). The van der Waals surface area contributed by atoms with Gasteiger partial charge in [0.15, 0.2) is 17.6 Å². The molecule has 2 amide bonds. The second-order valence-corrected chi connectivity index (χ2v) is 6.59. The third-order valence-electron chi connectivity index (χ3n) is 4.22. The first-order chi connectivity index (χ1) is 14.8. The van der Waals surface area contributed by atoms with Crippen LogP contribution in [0.1, 0.15) is 19.4 Å². The molecule has 2 aromatic rings. The van der Waals surface area contributed by atoms with Crippen LogP contribution in [0.15, 0.2) is 36.4 Å². The van der Waals surface area contributed by atoms with E-state index in [1.165, 1.54) is 35.2 Å². The molecule has 166 valence electrons. The Morgan fingerprint density at radius 1 is 0.871 bits per heavy atom. The minimum Gasteiger partial charge on any atom is -0.493 e. The molecular weight excluding hydrogens is 404 g/mol. The molecule has 0 bridgehead atoms. The van der Waals surface area contributed by atoms with E-state index in [1.807, 2.05) is 0 Å². The quantitative estimate of drug-likeness (QED) is 0.588. The van der Waals surface area contributed by atoms with Gasteiger partial charge in [-0.25, -0.2) is 0 Å². The van der Waals surface area contributed by atoms with Crippen LogP contribution in [0.25, 0.3) is 0 Å². The normalized spacial score (nSPS) is 11.1. The van der Waals surface area contributed by atoms with E-state index in [-0.39, 0.29) is 12.3 Å². The van der Waals surface area contributed by atoms with Gasteiger partial charge in [0.25, 0.3) is 5.91 Å². The fourth-order valence-electron chi connectivity index (χ4n) is 2.78. The Labute approximate surface area is 180 Å². The molecule has 0 saturated heterocycles. The van der Waals surface area contributed by atoms with Gasteiger partial charge in [-0.05, 0) is 48.9 Å². The summed E-state index contributed by atoms with van der Waals surface area (Å²) < 4.78 is 21.0. The number of esters is 1. The summed E-state index contributed by atoms with van der Waals surface area (Å²) in [6.45, 7) is 2.89. The summed E-state index contributed by atoms with van der Waals surface area (Å²) in [7, 11) is 4.45. The summed E-state index contributed by atoms with van der Waals surface area (Å²) >= 11 is 0. The number of carbonyl (C=O) groups excluding carboxylic acids is 3. The van der Waals surface area contributed by atoms with Crippen LogP contribution in [-0.2, 0) is 25.5 Å². The van der Waals surface area contributed by atoms with Crippen LogP contribution < -0.4 is 24.8 Å². The van der Waals surface area contributed by atoms with Crippen LogP contribution in [0.4, 0.5) is 11.4 Å². The predicted molar refractivity (Wildman–Crippen MR) is 115 cm³/mol. The summed E-state index contributed by atoms with van der Waals surface area (Å²) in [5.41, 5.74) is 1.70. The molecule has 0 radical (unpaired) electrons. The maximum atomic E-state index is 12.3. The number of nitrogens with one attached hydrogen (secondary N) is 2. The van der Waals surface area contributed by atoms with Crippen molar-refractivity contribution < 1.29 is 33.3 Å². The second-order valence-electron chi connectivity index (χ2n) is 6.59. The van der Waals surface area contributed by atoms with E-state index in [2.05, 4.69) is 10.6 Å². The van der Waals surface area contributed by atoms with E-state index in [9.17, 15) is 14.4 Å². The van der Waals surface area contributed by atoms with Crippen molar-refractivity contribution in [1.29, 1.82) is 0 Å². The molecular formula is C22H26N2O7. The van der Waals surface area contributed by atoms with Gasteiger partial charge in [-0.1, -0.05) is 0 Å². The highest BCUT2D eigenvalue weighted by Gasteiger charge is 2.20. The number of carbonyl (C=O) groups is 3. The number of benzene rings is 2. The first-order valence-electron chi connectivity index (χ1n) is 9.44. The lowest BCUT2D eigenvalue weighted by atomic mass is 10.1. The Bertz CT molecular complexity index is 916. The van der Waals surface area contributed by atoms with E-state index in [1.54, 1.807) is 36.4 Å². The third-order valence-corrected chi connectivity index (χ3v) is 4.22. The van der Waals surface area contributed by atoms with Gasteiger partial charge in [-0.15, -0.1) is 0 Å². The van der Waals surface area contributed by atoms with Crippen LogP contribution in [-0.4, -0.2) is 45.2 Å². The van der Waals surface area contributed by atoms with Crippen molar-refractivity contribution in [2.75, 3.05) is 32.0 Å². The van der Waals surface area contributed by atoms with Crippen molar-refractivity contribution >= 4 is 29.2 Å². The zero-order valence-electron chi connectivity index (χ0n) is 18.1. The van der Waals surface area contributed by atoms with E-state index in [4.69, 9.17) is 18.9 Å². The highest BCUT2D eigenvalue weighted by atomic mass is 16.5. The van der Waals surface area contributed by atoms with E-state index in [0.29, 0.717) is 34.2 Å². The zero-order chi connectivity index (χ0) is 23.0. The zero-order valence-corrected chi connectivity index (χ0v) is 18.1. The van der Waals surface area contributed by atoms with Gasteiger partial charge in [0.05, 0.1) is 27.8 Å². The number of ether oxygens (including phenoxy) is 4. The first kappa shape index (κ1) is 23.5. The van der Waals surface area contributed by atoms with Gasteiger partial charge < -0.3 is 29.6 Å². The number of amides is 2. The van der Waals surface area contributed by atoms with Crippen molar-refractivity contribution in [3.8, 4) is 17.2 Å². The molecule has 0 aliphatic carbocycles. The highest BCUT2D eigenvalue weighted by molar-refractivity contribution is 5.95. The van der Waals surface area contributed by atoms with E-state index < -0.39 is 18.0 Å². The van der Waals surface area contributed by atoms with E-state index >= 15 is 0 Å². The summed E-state index contributed by atoms with van der Waals surface area (Å²) in [4.78, 5) is 35.7. The van der Waals surface area contributed by atoms with Crippen LogP contribution in [0.3, 0.4) is 0 Å². The van der Waals surface area contributed by atoms with Crippen LogP contribution in [0.2, 0.25) is 0 Å². The van der Waals surface area contributed by atoms with Gasteiger partial charge in [0, 0.05) is 18.3 Å². The highest BCUT2D eigenvalue weighted by Crippen LogP contribution is 2.38. The number of methoxy groups -OCH3 is 3. The minimum atomic E-state index is -1.01. The summed E-state index contributed by atoms with van der Waals surface area (Å²) in [6.07, 6.45) is -1.09. The minimum absolute atomic E-state index is 0.0836. The van der Waals surface area contributed by atoms with Gasteiger partial charge >= 0.3 is 5.97 Å². The molecule has 31 heavy (non-hydrogen) atoms. The molecule has 0 spiro atoms. The number of anilines is 2. The fourth-order valence-corrected chi connectivity index (χ4v) is 2.78. The topological polar surface area (TPSA) is 112 Å². The maximum absolute atomic E-state index is 12.3. The fraction of sp³-hybridized carbons (Fsp3) is 0.318. The molecule has 0 saturated carbocycles. The Balaban J connectivity index is 1.97. The average molecular weight is 430 g/mol. The summed E-state index contributed by atoms with van der Waals surface area (Å²) in [5.74, 6) is -0.0106. The standard InChI is InChI=1S/C22H26N2O7/c1-13(22(27)24-17-8-6-16(7-9-17)23-14(2)25)31-20(26)12-15-10-18(28-3)21(30-5)19(11-15)29-4/h6-11,13H,12H2,1-5H3,(H,23,25)(H,24,27)/t13-/m1/s1. The van der Waals surface area contributed by atoms with Gasteiger partial charge in [0.2, 0.25) is 11.7 Å². The van der Waals surface area contributed by atoms with Crippen LogP contribution in [0.5, 0.6) is 17.2 Å². The number of rotatable bonds is 9. The SMILES string of the molecule is COc1cc(CC(=O)O[C@H](C)C(=O)Nc2ccc(NC(C)=O)cc2)cc(OC)c1OC. The Morgan fingerprint density at radius 3 is 1.84 bits per heavy atom.